The predicted molar refractivity (Wildman–Crippen MR) is 186 cm³/mol. The van der Waals surface area contributed by atoms with E-state index in [0.29, 0.717) is 37.7 Å². The Morgan fingerprint density at radius 2 is 1.28 bits per heavy atom. The number of hydrogen-bond donors (Lipinski definition) is 5. The molecular formula is C31H23N5O10S4. The van der Waals surface area contributed by atoms with Gasteiger partial charge in [0.15, 0.2) is 0 Å². The van der Waals surface area contributed by atoms with Gasteiger partial charge < -0.3 is 10.6 Å². The molecule has 50 heavy (non-hydrogen) atoms. The number of nitrogens with one attached hydrogen (secondary N) is 2. The Balaban J connectivity index is 1.14. The van der Waals surface area contributed by atoms with Gasteiger partial charge in [0.05, 0.1) is 21.6 Å². The maximum atomic E-state index is 12.6. The van der Waals surface area contributed by atoms with E-state index in [-0.39, 0.29) is 27.0 Å². The number of fused-ring (bicyclic) bond motifs is 2. The lowest BCUT2D eigenvalue weighted by atomic mass is 10.1. The van der Waals surface area contributed by atoms with Gasteiger partial charge in [0.25, 0.3) is 30.4 Å². The number of hydrogen-bond acceptors (Lipinski definition) is 11. The van der Waals surface area contributed by atoms with E-state index in [4.69, 9.17) is 0 Å². The maximum absolute atomic E-state index is 12.6. The Bertz CT molecular complexity index is 2700. The van der Waals surface area contributed by atoms with E-state index in [1.165, 1.54) is 42.5 Å². The first-order chi connectivity index (χ1) is 23.5. The van der Waals surface area contributed by atoms with E-state index in [0.717, 1.165) is 23.5 Å². The number of benzene rings is 5. The highest BCUT2D eigenvalue weighted by Gasteiger charge is 2.22. The van der Waals surface area contributed by atoms with E-state index in [1.807, 2.05) is 0 Å². The minimum Gasteiger partial charge on any atom is -0.308 e. The number of carbonyl (C=O) groups is 1. The molecule has 0 saturated heterocycles. The zero-order valence-corrected chi connectivity index (χ0v) is 28.6. The molecule has 0 aliphatic rings. The zero-order chi connectivity index (χ0) is 36.0. The normalized spacial score (nSPS) is 12.5. The number of carbonyl (C=O) groups excluding carboxylic acids is 1. The van der Waals surface area contributed by atoms with Crippen LogP contribution >= 0.6 is 11.3 Å². The lowest BCUT2D eigenvalue weighted by Gasteiger charge is -2.09. The molecule has 0 radical (unpaired) electrons. The molecular weight excluding hydrogens is 731 g/mol. The van der Waals surface area contributed by atoms with Gasteiger partial charge in [-0.15, -0.1) is 11.3 Å². The highest BCUT2D eigenvalue weighted by Crippen LogP contribution is 2.37. The van der Waals surface area contributed by atoms with Crippen molar-refractivity contribution in [3.05, 3.63) is 96.6 Å². The first-order valence-electron chi connectivity index (χ1n) is 14.1. The van der Waals surface area contributed by atoms with Crippen LogP contribution in [0.4, 0.5) is 27.5 Å². The summed E-state index contributed by atoms with van der Waals surface area (Å²) in [6, 6.07) is 21.1. The first kappa shape index (κ1) is 34.7. The lowest BCUT2D eigenvalue weighted by Crippen LogP contribution is -2.19. The molecule has 0 aliphatic heterocycles. The summed E-state index contributed by atoms with van der Waals surface area (Å²) in [5.41, 5.74) is 2.46. The number of anilines is 2. The molecule has 0 fully saturated rings. The number of nitrogens with zero attached hydrogens (tertiary/aromatic N) is 3. The fourth-order valence-electron chi connectivity index (χ4n) is 5.03. The molecule has 1 aromatic heterocycles. The van der Waals surface area contributed by atoms with Gasteiger partial charge in [-0.25, -0.2) is 9.78 Å². The molecule has 0 atom stereocenters. The van der Waals surface area contributed by atoms with E-state index in [1.54, 1.807) is 43.3 Å². The topological polar surface area (TPSA) is 242 Å². The number of rotatable bonds is 8. The van der Waals surface area contributed by atoms with Gasteiger partial charge in [-0.2, -0.15) is 35.5 Å². The van der Waals surface area contributed by atoms with Crippen molar-refractivity contribution in [1.82, 2.24) is 4.98 Å². The van der Waals surface area contributed by atoms with Crippen LogP contribution in [0.15, 0.2) is 116 Å². The Labute approximate surface area is 288 Å². The lowest BCUT2D eigenvalue weighted by molar-refractivity contribution is 0.262. The Hall–Kier alpha value is -5.15. The average Bonchev–Trinajstić information content (AvgIpc) is 3.46. The van der Waals surface area contributed by atoms with E-state index in [2.05, 4.69) is 25.8 Å². The third-order valence-electron chi connectivity index (χ3n) is 7.22. The van der Waals surface area contributed by atoms with Crippen molar-refractivity contribution in [2.75, 3.05) is 10.6 Å². The predicted octanol–water partition coefficient (Wildman–Crippen LogP) is 7.22. The fraction of sp³-hybridized carbons (Fsp3) is 0.0323. The monoisotopic (exact) mass is 753 g/mol. The Morgan fingerprint density at radius 3 is 1.88 bits per heavy atom. The zero-order valence-electron chi connectivity index (χ0n) is 25.3. The van der Waals surface area contributed by atoms with Crippen molar-refractivity contribution >= 4 is 91.5 Å². The number of urea groups is 1. The summed E-state index contributed by atoms with van der Waals surface area (Å²) in [6.07, 6.45) is 0. The number of aromatic nitrogens is 1. The van der Waals surface area contributed by atoms with Gasteiger partial charge in [-0.3, -0.25) is 13.7 Å². The van der Waals surface area contributed by atoms with Gasteiger partial charge in [-0.1, -0.05) is 18.2 Å². The van der Waals surface area contributed by atoms with Crippen molar-refractivity contribution in [2.45, 2.75) is 21.6 Å². The molecule has 1 heterocycles. The second-order valence-corrected chi connectivity index (χ2v) is 15.8. The van der Waals surface area contributed by atoms with Crippen LogP contribution in [0.25, 0.3) is 31.6 Å². The second kappa shape index (κ2) is 12.9. The molecule has 6 rings (SSSR count). The van der Waals surface area contributed by atoms with Crippen LogP contribution in [0.3, 0.4) is 0 Å². The maximum Gasteiger partial charge on any atom is 0.323 e. The smallest absolute Gasteiger partial charge is 0.308 e. The van der Waals surface area contributed by atoms with Crippen molar-refractivity contribution in [1.29, 1.82) is 0 Å². The molecule has 15 nitrogen and oxygen atoms in total. The van der Waals surface area contributed by atoms with E-state index in [9.17, 15) is 43.7 Å². The highest BCUT2D eigenvalue weighted by molar-refractivity contribution is 7.86. The van der Waals surface area contributed by atoms with Crippen molar-refractivity contribution < 1.29 is 43.7 Å². The number of amides is 2. The Morgan fingerprint density at radius 1 is 0.680 bits per heavy atom. The average molecular weight is 754 g/mol. The van der Waals surface area contributed by atoms with Gasteiger partial charge in [0, 0.05) is 27.7 Å². The van der Waals surface area contributed by atoms with Gasteiger partial charge in [0.2, 0.25) is 0 Å². The van der Waals surface area contributed by atoms with Crippen LogP contribution in [0.1, 0.15) is 5.56 Å². The largest absolute Gasteiger partial charge is 0.323 e. The van der Waals surface area contributed by atoms with Crippen LogP contribution in [-0.4, -0.2) is 49.9 Å². The van der Waals surface area contributed by atoms with Crippen LogP contribution < -0.4 is 10.6 Å². The molecule has 5 N–H and O–H groups in total. The van der Waals surface area contributed by atoms with Crippen LogP contribution in [-0.2, 0) is 30.4 Å². The second-order valence-electron chi connectivity index (χ2n) is 10.7. The quantitative estimate of drug-likeness (QED) is 0.0767. The minimum atomic E-state index is -4.82. The fourth-order valence-corrected chi connectivity index (χ4v) is 8.77. The molecule has 6 aromatic rings. The summed E-state index contributed by atoms with van der Waals surface area (Å²) >= 11 is 1.12. The van der Waals surface area contributed by atoms with Gasteiger partial charge >= 0.3 is 6.03 Å². The third-order valence-corrected chi connectivity index (χ3v) is 11.3. The molecule has 5 aromatic carbocycles. The molecule has 2 amide bonds. The first-order valence-corrected chi connectivity index (χ1v) is 19.2. The molecule has 0 spiro atoms. The third kappa shape index (κ3) is 7.38. The number of azo groups is 1. The molecule has 256 valence electrons. The molecule has 0 unspecified atom stereocenters. The van der Waals surface area contributed by atoms with E-state index >= 15 is 0 Å². The molecule has 19 heteroatoms. The molecule has 0 saturated carbocycles. The Kier molecular flexibility index (Phi) is 8.99. The molecule has 0 aliphatic carbocycles. The number of aryl methyl sites for hydroxylation is 1. The van der Waals surface area contributed by atoms with Crippen molar-refractivity contribution in [3.8, 4) is 10.6 Å². The SMILES string of the molecule is Cc1ccc2nc(-c3ccc(NC(=O)Nc4ccc(N=Nc5cc(S(=O)(=O)O)c6cccc(S(=O)(=O)O)c6c5)cc4)cc3)sc2c1S(=O)(=O)O. The van der Waals surface area contributed by atoms with Crippen LogP contribution in [0, 0.1) is 6.92 Å². The van der Waals surface area contributed by atoms with Crippen molar-refractivity contribution in [3.63, 3.8) is 0 Å². The summed E-state index contributed by atoms with van der Waals surface area (Å²) in [5.74, 6) is 0. The van der Waals surface area contributed by atoms with Gasteiger partial charge in [0.1, 0.15) is 19.7 Å². The highest BCUT2D eigenvalue weighted by atomic mass is 32.2. The summed E-state index contributed by atoms with van der Waals surface area (Å²) in [4.78, 5) is 15.7. The summed E-state index contributed by atoms with van der Waals surface area (Å²) in [5, 5.41) is 13.5. The van der Waals surface area contributed by atoms with Crippen LogP contribution in [0.2, 0.25) is 0 Å². The number of thiazole rings is 1. The standard InChI is InChI=1S/C31H23N5O10S4/c1-17-5-14-25-28(29(17)50(44,45)46)47-30(34-25)18-6-8-19(9-7-18)32-31(37)33-20-10-12-21(13-11-20)35-36-22-15-24-23(27(16-22)49(41,42)43)3-2-4-26(24)48(38,39)40/h2-16H,1H3,(H2,32,33,37)(H,38,39,40)(H,41,42,43)(H,44,45,46). The summed E-state index contributed by atoms with van der Waals surface area (Å²) in [7, 11) is -14.0. The van der Waals surface area contributed by atoms with Crippen molar-refractivity contribution in [2.24, 2.45) is 10.2 Å². The van der Waals surface area contributed by atoms with Crippen LogP contribution in [0.5, 0.6) is 0 Å². The van der Waals surface area contributed by atoms with E-state index < -0.39 is 46.2 Å². The summed E-state index contributed by atoms with van der Waals surface area (Å²) in [6.45, 7) is 1.58. The van der Waals surface area contributed by atoms with Gasteiger partial charge in [-0.05, 0) is 85.3 Å². The molecule has 0 bridgehead atoms. The minimum absolute atomic E-state index is 0.130. The summed E-state index contributed by atoms with van der Waals surface area (Å²) < 4.78 is 101.